The smallest absolute Gasteiger partial charge is 0.249 e. The van der Waals surface area contributed by atoms with Gasteiger partial charge in [0, 0.05) is 18.4 Å². The summed E-state index contributed by atoms with van der Waals surface area (Å²) < 4.78 is 48.3. The lowest BCUT2D eigenvalue weighted by Gasteiger charge is -2.24. The summed E-state index contributed by atoms with van der Waals surface area (Å²) in [5.41, 5.74) is 0.878. The lowest BCUT2D eigenvalue weighted by Crippen LogP contribution is -2.36. The standard InChI is InChI=1S/C12H17NO5S2/c1-19(15,16)9-20(17,18)13-8-4-7-12(14)10-5-2-3-6-11(10)13/h2-3,5-6,12,14H,4,7-9H2,1H3. The zero-order chi connectivity index (χ0) is 15.0. The number of benzene rings is 1. The van der Waals surface area contributed by atoms with Crippen molar-refractivity contribution in [2.24, 2.45) is 0 Å². The number of anilines is 1. The van der Waals surface area contributed by atoms with Gasteiger partial charge in [0.15, 0.2) is 14.9 Å². The summed E-state index contributed by atoms with van der Waals surface area (Å²) in [6.45, 7) is 0.173. The molecule has 0 amide bonds. The molecular formula is C12H17NO5S2. The molecule has 1 N–H and O–H groups in total. The van der Waals surface area contributed by atoms with Crippen molar-refractivity contribution >= 4 is 25.5 Å². The molecule has 0 saturated heterocycles. The van der Waals surface area contributed by atoms with Crippen LogP contribution in [0, 0.1) is 0 Å². The third kappa shape index (κ3) is 3.31. The normalized spacial score (nSPS) is 20.3. The SMILES string of the molecule is CS(=O)(=O)CS(=O)(=O)N1CCCC(O)c2ccccc21. The zero-order valence-corrected chi connectivity index (χ0v) is 12.7. The molecule has 0 radical (unpaired) electrons. The van der Waals surface area contributed by atoms with E-state index in [4.69, 9.17) is 0 Å². The van der Waals surface area contributed by atoms with Gasteiger partial charge in [-0.3, -0.25) is 4.31 Å². The van der Waals surface area contributed by atoms with Crippen LogP contribution in [0.1, 0.15) is 24.5 Å². The number of para-hydroxylation sites is 1. The van der Waals surface area contributed by atoms with Crippen molar-refractivity contribution in [2.75, 3.05) is 22.2 Å². The summed E-state index contributed by atoms with van der Waals surface area (Å²) in [6.07, 6.45) is 1.08. The number of aliphatic hydroxyl groups excluding tert-OH is 1. The molecule has 1 atom stereocenters. The minimum Gasteiger partial charge on any atom is -0.388 e. The Hall–Kier alpha value is -1.12. The highest BCUT2D eigenvalue weighted by molar-refractivity contribution is 8.08. The molecule has 1 aromatic carbocycles. The van der Waals surface area contributed by atoms with Crippen molar-refractivity contribution < 1.29 is 21.9 Å². The summed E-state index contributed by atoms with van der Waals surface area (Å²) >= 11 is 0. The van der Waals surface area contributed by atoms with Crippen LogP contribution < -0.4 is 4.31 Å². The second-order valence-corrected chi connectivity index (χ2v) is 9.34. The lowest BCUT2D eigenvalue weighted by atomic mass is 10.1. The fourth-order valence-electron chi connectivity index (χ4n) is 2.32. The van der Waals surface area contributed by atoms with Crippen molar-refractivity contribution in [3.8, 4) is 0 Å². The Kier molecular flexibility index (Phi) is 4.08. The van der Waals surface area contributed by atoms with Crippen LogP contribution in [0.4, 0.5) is 5.69 Å². The van der Waals surface area contributed by atoms with E-state index in [0.717, 1.165) is 10.6 Å². The molecule has 0 aromatic heterocycles. The number of rotatable bonds is 3. The van der Waals surface area contributed by atoms with Gasteiger partial charge in [-0.1, -0.05) is 18.2 Å². The van der Waals surface area contributed by atoms with Gasteiger partial charge in [-0.05, 0) is 18.9 Å². The Balaban J connectivity index is 2.49. The van der Waals surface area contributed by atoms with E-state index in [1.54, 1.807) is 24.3 Å². The van der Waals surface area contributed by atoms with Crippen LogP contribution >= 0.6 is 0 Å². The van der Waals surface area contributed by atoms with E-state index in [9.17, 15) is 21.9 Å². The van der Waals surface area contributed by atoms with Gasteiger partial charge in [0.1, 0.15) is 0 Å². The molecule has 0 fully saturated rings. The molecule has 112 valence electrons. The number of nitrogens with zero attached hydrogens (tertiary/aromatic N) is 1. The fourth-order valence-corrected chi connectivity index (χ4v) is 5.87. The van der Waals surface area contributed by atoms with Crippen molar-refractivity contribution in [3.05, 3.63) is 29.8 Å². The van der Waals surface area contributed by atoms with E-state index < -0.39 is 31.0 Å². The van der Waals surface area contributed by atoms with Crippen molar-refractivity contribution in [1.29, 1.82) is 0 Å². The van der Waals surface area contributed by atoms with Crippen LogP contribution in [0.5, 0.6) is 0 Å². The molecule has 1 unspecified atom stereocenters. The summed E-state index contributed by atoms with van der Waals surface area (Å²) in [6, 6.07) is 6.63. The highest BCUT2D eigenvalue weighted by atomic mass is 32.3. The first-order valence-corrected chi connectivity index (χ1v) is 9.83. The molecular weight excluding hydrogens is 302 g/mol. The molecule has 0 saturated carbocycles. The van der Waals surface area contributed by atoms with E-state index >= 15 is 0 Å². The zero-order valence-electron chi connectivity index (χ0n) is 11.1. The molecule has 2 rings (SSSR count). The maximum absolute atomic E-state index is 12.3. The summed E-state index contributed by atoms with van der Waals surface area (Å²) in [7, 11) is -7.62. The highest BCUT2D eigenvalue weighted by Gasteiger charge is 2.31. The van der Waals surface area contributed by atoms with Gasteiger partial charge in [-0.15, -0.1) is 0 Å². The number of hydrogen-bond donors (Lipinski definition) is 1. The van der Waals surface area contributed by atoms with Crippen molar-refractivity contribution in [1.82, 2.24) is 0 Å². The van der Waals surface area contributed by atoms with Crippen LogP contribution in [-0.4, -0.2) is 39.8 Å². The average molecular weight is 319 g/mol. The number of sulfone groups is 1. The number of aliphatic hydroxyl groups is 1. The maximum atomic E-state index is 12.3. The summed E-state index contributed by atoms with van der Waals surface area (Å²) in [5.74, 6) is 0. The number of sulfonamides is 1. The second kappa shape index (κ2) is 5.34. The predicted molar refractivity (Wildman–Crippen MR) is 76.6 cm³/mol. The van der Waals surface area contributed by atoms with E-state index in [1.807, 2.05) is 0 Å². The monoisotopic (exact) mass is 319 g/mol. The Morgan fingerprint density at radius 1 is 1.25 bits per heavy atom. The second-order valence-electron chi connectivity index (χ2n) is 4.94. The summed E-state index contributed by atoms with van der Waals surface area (Å²) in [4.78, 5) is 0. The maximum Gasteiger partial charge on any atom is 0.249 e. The van der Waals surface area contributed by atoms with E-state index in [1.165, 1.54) is 0 Å². The largest absolute Gasteiger partial charge is 0.388 e. The topological polar surface area (TPSA) is 91.8 Å². The molecule has 1 heterocycles. The van der Waals surface area contributed by atoms with E-state index in [2.05, 4.69) is 0 Å². The minimum absolute atomic E-state index is 0.173. The van der Waals surface area contributed by atoms with Crippen LogP contribution in [0.2, 0.25) is 0 Å². The molecule has 20 heavy (non-hydrogen) atoms. The van der Waals surface area contributed by atoms with Crippen molar-refractivity contribution in [3.63, 3.8) is 0 Å². The fraction of sp³-hybridized carbons (Fsp3) is 0.500. The minimum atomic E-state index is -3.97. The molecule has 8 heteroatoms. The van der Waals surface area contributed by atoms with Gasteiger partial charge in [0.25, 0.3) is 0 Å². The van der Waals surface area contributed by atoms with Crippen LogP contribution in [0.3, 0.4) is 0 Å². The molecule has 0 spiro atoms. The molecule has 6 nitrogen and oxygen atoms in total. The molecule has 1 aliphatic rings. The molecule has 0 bridgehead atoms. The lowest BCUT2D eigenvalue weighted by molar-refractivity contribution is 0.168. The van der Waals surface area contributed by atoms with E-state index in [0.29, 0.717) is 24.1 Å². The van der Waals surface area contributed by atoms with Gasteiger partial charge in [0.05, 0.1) is 11.8 Å². The first-order valence-electron chi connectivity index (χ1n) is 6.16. The van der Waals surface area contributed by atoms with Gasteiger partial charge >= 0.3 is 0 Å². The first kappa shape index (κ1) is 15.3. The Morgan fingerprint density at radius 3 is 2.55 bits per heavy atom. The number of fused-ring (bicyclic) bond motifs is 1. The third-order valence-corrected chi connectivity index (χ3v) is 7.06. The third-order valence-electron chi connectivity index (χ3n) is 3.10. The Morgan fingerprint density at radius 2 is 1.90 bits per heavy atom. The van der Waals surface area contributed by atoms with Gasteiger partial charge in [0.2, 0.25) is 10.0 Å². The van der Waals surface area contributed by atoms with Crippen LogP contribution in [0.15, 0.2) is 24.3 Å². The Bertz CT molecular complexity index is 696. The van der Waals surface area contributed by atoms with Crippen LogP contribution in [-0.2, 0) is 19.9 Å². The summed E-state index contributed by atoms with van der Waals surface area (Å²) in [5, 5.41) is 9.09. The van der Waals surface area contributed by atoms with Gasteiger partial charge in [-0.25, -0.2) is 16.8 Å². The highest BCUT2D eigenvalue weighted by Crippen LogP contribution is 2.34. The molecule has 0 aliphatic carbocycles. The molecule has 1 aliphatic heterocycles. The van der Waals surface area contributed by atoms with Crippen LogP contribution in [0.25, 0.3) is 0 Å². The van der Waals surface area contributed by atoms with E-state index in [-0.39, 0.29) is 6.54 Å². The van der Waals surface area contributed by atoms with Gasteiger partial charge < -0.3 is 5.11 Å². The quantitative estimate of drug-likeness (QED) is 0.883. The average Bonchev–Trinajstić information content (AvgIpc) is 2.47. The van der Waals surface area contributed by atoms with Crippen molar-refractivity contribution in [2.45, 2.75) is 18.9 Å². The first-order chi connectivity index (χ1) is 9.21. The molecule has 1 aromatic rings. The predicted octanol–water partition coefficient (Wildman–Crippen LogP) is 0.652. The Labute approximate surface area is 119 Å². The number of hydrogen-bond acceptors (Lipinski definition) is 5. The van der Waals surface area contributed by atoms with Gasteiger partial charge in [-0.2, -0.15) is 0 Å².